The summed E-state index contributed by atoms with van der Waals surface area (Å²) in [6.45, 7) is 4.00. The van der Waals surface area contributed by atoms with E-state index >= 15 is 0 Å². The quantitative estimate of drug-likeness (QED) is 0.855. The van der Waals surface area contributed by atoms with E-state index in [-0.39, 0.29) is 10.8 Å². The van der Waals surface area contributed by atoms with Gasteiger partial charge in [-0.15, -0.1) is 0 Å². The van der Waals surface area contributed by atoms with E-state index in [2.05, 4.69) is 12.2 Å². The molecule has 0 aromatic heterocycles. The average Bonchev–Trinajstić information content (AvgIpc) is 2.37. The first-order chi connectivity index (χ1) is 8.66. The summed E-state index contributed by atoms with van der Waals surface area (Å²) in [5, 5.41) is 3.66. The highest BCUT2D eigenvalue weighted by molar-refractivity contribution is 6.31. The molecule has 1 nitrogen and oxygen atoms in total. The zero-order valence-electron chi connectivity index (χ0n) is 10.9. The Bertz CT molecular complexity index is 386. The standard InChI is InChI=1S/C15H21ClFN/c1-11-5-7-12(8-6-11)9-18-10-13-3-2-4-14(17)15(13)16/h2-4,11-12,18H,5-10H2,1H3. The summed E-state index contributed by atoms with van der Waals surface area (Å²) in [5.74, 6) is 1.33. The van der Waals surface area contributed by atoms with Crippen LogP contribution in [0.15, 0.2) is 18.2 Å². The summed E-state index contributed by atoms with van der Waals surface area (Å²) in [6, 6.07) is 4.98. The number of nitrogens with one attached hydrogen (secondary N) is 1. The predicted octanol–water partition coefficient (Wildman–Crippen LogP) is 4.40. The molecule has 1 aliphatic carbocycles. The van der Waals surface area contributed by atoms with Crippen molar-refractivity contribution in [2.45, 2.75) is 39.2 Å². The van der Waals surface area contributed by atoms with Crippen molar-refractivity contribution in [3.8, 4) is 0 Å². The lowest BCUT2D eigenvalue weighted by Crippen LogP contribution is -2.25. The van der Waals surface area contributed by atoms with E-state index in [0.717, 1.165) is 23.9 Å². The van der Waals surface area contributed by atoms with E-state index in [4.69, 9.17) is 11.6 Å². The highest BCUT2D eigenvalue weighted by Crippen LogP contribution is 2.27. The predicted molar refractivity (Wildman–Crippen MR) is 74.2 cm³/mol. The highest BCUT2D eigenvalue weighted by atomic mass is 35.5. The maximum Gasteiger partial charge on any atom is 0.142 e. The number of hydrogen-bond donors (Lipinski definition) is 1. The molecule has 0 unspecified atom stereocenters. The van der Waals surface area contributed by atoms with Gasteiger partial charge in [-0.2, -0.15) is 0 Å². The van der Waals surface area contributed by atoms with Crippen LogP contribution in [0.4, 0.5) is 4.39 Å². The molecule has 1 aliphatic rings. The first kappa shape index (κ1) is 13.8. The zero-order chi connectivity index (χ0) is 13.0. The molecule has 0 amide bonds. The van der Waals surface area contributed by atoms with Crippen molar-refractivity contribution in [1.29, 1.82) is 0 Å². The van der Waals surface area contributed by atoms with Crippen molar-refractivity contribution < 1.29 is 4.39 Å². The molecule has 18 heavy (non-hydrogen) atoms. The maximum atomic E-state index is 13.2. The molecule has 0 heterocycles. The molecule has 0 radical (unpaired) electrons. The largest absolute Gasteiger partial charge is 0.312 e. The first-order valence-electron chi connectivity index (χ1n) is 6.80. The summed E-state index contributed by atoms with van der Waals surface area (Å²) in [7, 11) is 0. The minimum Gasteiger partial charge on any atom is -0.312 e. The normalized spacial score (nSPS) is 24.2. The van der Waals surface area contributed by atoms with Gasteiger partial charge in [-0.05, 0) is 42.9 Å². The van der Waals surface area contributed by atoms with Crippen LogP contribution in [0.1, 0.15) is 38.2 Å². The molecule has 1 aromatic rings. The van der Waals surface area contributed by atoms with Crippen molar-refractivity contribution >= 4 is 11.6 Å². The fraction of sp³-hybridized carbons (Fsp3) is 0.600. The second-order valence-electron chi connectivity index (χ2n) is 5.47. The van der Waals surface area contributed by atoms with Gasteiger partial charge >= 0.3 is 0 Å². The van der Waals surface area contributed by atoms with Crippen LogP contribution in [0.5, 0.6) is 0 Å². The van der Waals surface area contributed by atoms with Crippen LogP contribution in [-0.2, 0) is 6.54 Å². The van der Waals surface area contributed by atoms with E-state index < -0.39 is 0 Å². The Labute approximate surface area is 114 Å². The van der Waals surface area contributed by atoms with Gasteiger partial charge in [-0.3, -0.25) is 0 Å². The van der Waals surface area contributed by atoms with Crippen LogP contribution in [0, 0.1) is 17.7 Å². The van der Waals surface area contributed by atoms with E-state index in [9.17, 15) is 4.39 Å². The molecule has 1 N–H and O–H groups in total. The Morgan fingerprint density at radius 3 is 2.72 bits per heavy atom. The van der Waals surface area contributed by atoms with Crippen LogP contribution < -0.4 is 5.32 Å². The van der Waals surface area contributed by atoms with Crippen molar-refractivity contribution in [2.75, 3.05) is 6.54 Å². The lowest BCUT2D eigenvalue weighted by Gasteiger charge is -2.26. The second-order valence-corrected chi connectivity index (χ2v) is 5.85. The minimum atomic E-state index is -0.331. The van der Waals surface area contributed by atoms with Crippen LogP contribution in [0.3, 0.4) is 0 Å². The minimum absolute atomic E-state index is 0.252. The molecule has 0 aliphatic heterocycles. The summed E-state index contributed by atoms with van der Waals surface area (Å²) in [5.41, 5.74) is 0.848. The molecule has 100 valence electrons. The van der Waals surface area contributed by atoms with Crippen molar-refractivity contribution in [2.24, 2.45) is 11.8 Å². The second kappa shape index (κ2) is 6.53. The molecule has 1 aromatic carbocycles. The Kier molecular flexibility index (Phi) is 5.02. The fourth-order valence-corrected chi connectivity index (χ4v) is 2.82. The van der Waals surface area contributed by atoms with Crippen molar-refractivity contribution in [1.82, 2.24) is 5.32 Å². The SMILES string of the molecule is CC1CCC(CNCc2cccc(F)c2Cl)CC1. The Morgan fingerprint density at radius 1 is 1.28 bits per heavy atom. The van der Waals surface area contributed by atoms with Crippen LogP contribution in [0.2, 0.25) is 5.02 Å². The third-order valence-electron chi connectivity index (χ3n) is 3.92. The van der Waals surface area contributed by atoms with Crippen LogP contribution in [0.25, 0.3) is 0 Å². The monoisotopic (exact) mass is 269 g/mol. The molecule has 0 bridgehead atoms. The van der Waals surface area contributed by atoms with E-state index in [0.29, 0.717) is 6.54 Å². The van der Waals surface area contributed by atoms with Gasteiger partial charge < -0.3 is 5.32 Å². The summed E-state index contributed by atoms with van der Waals surface area (Å²) >= 11 is 5.92. The molecule has 0 atom stereocenters. The molecule has 2 rings (SSSR count). The van der Waals surface area contributed by atoms with Gasteiger partial charge in [0.05, 0.1) is 5.02 Å². The highest BCUT2D eigenvalue weighted by Gasteiger charge is 2.17. The molecule has 3 heteroatoms. The van der Waals surface area contributed by atoms with Crippen molar-refractivity contribution in [3.63, 3.8) is 0 Å². The van der Waals surface area contributed by atoms with E-state index in [1.54, 1.807) is 6.07 Å². The van der Waals surface area contributed by atoms with Gasteiger partial charge in [-0.25, -0.2) is 4.39 Å². The fourth-order valence-electron chi connectivity index (χ4n) is 2.63. The smallest absolute Gasteiger partial charge is 0.142 e. The van der Waals surface area contributed by atoms with Crippen LogP contribution in [-0.4, -0.2) is 6.54 Å². The first-order valence-corrected chi connectivity index (χ1v) is 7.18. The maximum absolute atomic E-state index is 13.2. The molecule has 0 saturated heterocycles. The third kappa shape index (κ3) is 3.69. The molecule has 1 fully saturated rings. The van der Waals surface area contributed by atoms with E-state index in [1.807, 2.05) is 6.07 Å². The lowest BCUT2D eigenvalue weighted by molar-refractivity contribution is 0.281. The summed E-state index contributed by atoms with van der Waals surface area (Å²) < 4.78 is 13.2. The third-order valence-corrected chi connectivity index (χ3v) is 4.34. The Balaban J connectivity index is 1.77. The number of halogens is 2. The number of hydrogen-bond acceptors (Lipinski definition) is 1. The van der Waals surface area contributed by atoms with Gasteiger partial charge in [0.2, 0.25) is 0 Å². The molecule has 0 spiro atoms. The number of rotatable bonds is 4. The van der Waals surface area contributed by atoms with Crippen LogP contribution >= 0.6 is 11.6 Å². The van der Waals surface area contributed by atoms with Gasteiger partial charge in [-0.1, -0.05) is 43.5 Å². The molecular formula is C15H21ClFN. The Hall–Kier alpha value is -0.600. The van der Waals surface area contributed by atoms with Gasteiger partial charge in [0.15, 0.2) is 0 Å². The number of benzene rings is 1. The average molecular weight is 270 g/mol. The lowest BCUT2D eigenvalue weighted by atomic mass is 9.83. The van der Waals surface area contributed by atoms with E-state index in [1.165, 1.54) is 31.7 Å². The topological polar surface area (TPSA) is 12.0 Å². The summed E-state index contributed by atoms with van der Waals surface area (Å²) in [4.78, 5) is 0. The van der Waals surface area contributed by atoms with Crippen molar-refractivity contribution in [3.05, 3.63) is 34.6 Å². The molecular weight excluding hydrogens is 249 g/mol. The Morgan fingerprint density at radius 2 is 2.00 bits per heavy atom. The van der Waals surface area contributed by atoms with Gasteiger partial charge in [0.25, 0.3) is 0 Å². The molecule has 1 saturated carbocycles. The summed E-state index contributed by atoms with van der Waals surface area (Å²) in [6.07, 6.45) is 5.30. The van der Waals surface area contributed by atoms with Gasteiger partial charge in [0, 0.05) is 6.54 Å². The zero-order valence-corrected chi connectivity index (χ0v) is 11.6. The van der Waals surface area contributed by atoms with Gasteiger partial charge in [0.1, 0.15) is 5.82 Å².